The highest BCUT2D eigenvalue weighted by atomic mass is 32.2. The Morgan fingerprint density at radius 2 is 2.10 bits per heavy atom. The molecule has 1 aliphatic rings. The van der Waals surface area contributed by atoms with E-state index in [0.29, 0.717) is 36.2 Å². The van der Waals surface area contributed by atoms with Crippen LogP contribution in [-0.2, 0) is 10.8 Å². The summed E-state index contributed by atoms with van der Waals surface area (Å²) in [5.74, 6) is 1.54. The zero-order valence-corrected chi connectivity index (χ0v) is 12.4. The van der Waals surface area contributed by atoms with Gasteiger partial charge in [0.05, 0.1) is 35.9 Å². The van der Waals surface area contributed by atoms with Crippen LogP contribution >= 0.6 is 0 Å². The Balaban J connectivity index is 2.01. The molecule has 6 heteroatoms. The van der Waals surface area contributed by atoms with Crippen LogP contribution in [0.25, 0.3) is 0 Å². The van der Waals surface area contributed by atoms with Crippen molar-refractivity contribution in [2.24, 2.45) is 0 Å². The van der Waals surface area contributed by atoms with Gasteiger partial charge in [-0.2, -0.15) is 0 Å². The van der Waals surface area contributed by atoms with Crippen LogP contribution < -0.4 is 14.8 Å². The summed E-state index contributed by atoms with van der Waals surface area (Å²) in [6, 6.07) is 5.30. The molecule has 2 unspecified atom stereocenters. The van der Waals surface area contributed by atoms with E-state index in [4.69, 9.17) is 9.47 Å². The minimum Gasteiger partial charge on any atom is -0.490 e. The van der Waals surface area contributed by atoms with Crippen LogP contribution in [0, 0.1) is 0 Å². The lowest BCUT2D eigenvalue weighted by molar-refractivity contribution is 0.195. The van der Waals surface area contributed by atoms with Crippen LogP contribution in [0.3, 0.4) is 0 Å². The molecule has 0 radical (unpaired) electrons. The van der Waals surface area contributed by atoms with Gasteiger partial charge in [-0.15, -0.1) is 0 Å². The molecule has 2 rings (SSSR count). The Morgan fingerprint density at radius 3 is 2.85 bits per heavy atom. The van der Waals surface area contributed by atoms with Gasteiger partial charge >= 0.3 is 0 Å². The van der Waals surface area contributed by atoms with Crippen molar-refractivity contribution in [3.63, 3.8) is 0 Å². The predicted octanol–water partition coefficient (Wildman–Crippen LogP) is 0.926. The fourth-order valence-corrected chi connectivity index (χ4v) is 3.04. The third-order valence-corrected chi connectivity index (χ3v) is 4.42. The maximum absolute atomic E-state index is 12.2. The Bertz CT molecular complexity index is 466. The average molecular weight is 299 g/mol. The first-order valence-corrected chi connectivity index (χ1v) is 8.19. The molecule has 1 aromatic carbocycles. The minimum atomic E-state index is -1.25. The van der Waals surface area contributed by atoms with Crippen molar-refractivity contribution in [1.82, 2.24) is 5.32 Å². The van der Waals surface area contributed by atoms with E-state index in [-0.39, 0.29) is 5.75 Å². The summed E-state index contributed by atoms with van der Waals surface area (Å²) in [7, 11) is -1.25. The van der Waals surface area contributed by atoms with Gasteiger partial charge in [0.1, 0.15) is 0 Å². The summed E-state index contributed by atoms with van der Waals surface area (Å²) in [4.78, 5) is 0.657. The lowest BCUT2D eigenvalue weighted by Gasteiger charge is -2.12. The van der Waals surface area contributed by atoms with Crippen molar-refractivity contribution in [2.45, 2.75) is 24.3 Å². The van der Waals surface area contributed by atoms with Gasteiger partial charge in [0.2, 0.25) is 0 Å². The molecule has 1 aromatic rings. The SMILES string of the molecule is CCNCC(O)CS(=O)c1ccc2c(c1)OCCCO2. The number of ether oxygens (including phenoxy) is 2. The molecule has 0 aliphatic carbocycles. The molecule has 1 heterocycles. The molecular weight excluding hydrogens is 278 g/mol. The van der Waals surface area contributed by atoms with Gasteiger partial charge in [0, 0.05) is 23.9 Å². The van der Waals surface area contributed by atoms with E-state index in [1.54, 1.807) is 18.2 Å². The van der Waals surface area contributed by atoms with Crippen LogP contribution in [0.1, 0.15) is 13.3 Å². The first-order chi connectivity index (χ1) is 9.70. The molecule has 0 fully saturated rings. The molecule has 2 N–H and O–H groups in total. The Labute approximate surface area is 121 Å². The van der Waals surface area contributed by atoms with Gasteiger partial charge in [0.25, 0.3) is 0 Å². The second kappa shape index (κ2) is 7.61. The van der Waals surface area contributed by atoms with E-state index in [1.807, 2.05) is 6.92 Å². The lowest BCUT2D eigenvalue weighted by Crippen LogP contribution is -2.30. The molecule has 0 saturated carbocycles. The van der Waals surface area contributed by atoms with Gasteiger partial charge < -0.3 is 19.9 Å². The summed E-state index contributed by atoms with van der Waals surface area (Å²) >= 11 is 0. The van der Waals surface area contributed by atoms with Crippen molar-refractivity contribution >= 4 is 10.8 Å². The number of hydrogen-bond donors (Lipinski definition) is 2. The van der Waals surface area contributed by atoms with Crippen molar-refractivity contribution in [1.29, 1.82) is 0 Å². The number of likely N-dealkylation sites (N-methyl/N-ethyl adjacent to an activating group) is 1. The topological polar surface area (TPSA) is 67.8 Å². The Hall–Kier alpha value is -1.11. The monoisotopic (exact) mass is 299 g/mol. The maximum atomic E-state index is 12.2. The summed E-state index contributed by atoms with van der Waals surface area (Å²) in [6.45, 7) is 4.44. The highest BCUT2D eigenvalue weighted by Crippen LogP contribution is 2.31. The van der Waals surface area contributed by atoms with Crippen LogP contribution in [0.5, 0.6) is 11.5 Å². The van der Waals surface area contributed by atoms with Gasteiger partial charge in [-0.05, 0) is 18.7 Å². The molecule has 0 aromatic heterocycles. The van der Waals surface area contributed by atoms with Crippen molar-refractivity contribution in [3.05, 3.63) is 18.2 Å². The molecule has 0 spiro atoms. The highest BCUT2D eigenvalue weighted by molar-refractivity contribution is 7.85. The summed E-state index contributed by atoms with van der Waals surface area (Å²) in [5.41, 5.74) is 0. The highest BCUT2D eigenvalue weighted by Gasteiger charge is 2.15. The van der Waals surface area contributed by atoms with E-state index in [9.17, 15) is 9.32 Å². The number of hydrogen-bond acceptors (Lipinski definition) is 5. The first-order valence-electron chi connectivity index (χ1n) is 6.87. The third-order valence-electron chi connectivity index (χ3n) is 2.96. The summed E-state index contributed by atoms with van der Waals surface area (Å²) in [5, 5.41) is 12.8. The predicted molar refractivity (Wildman–Crippen MR) is 77.9 cm³/mol. The van der Waals surface area contributed by atoms with Crippen LogP contribution in [-0.4, -0.2) is 47.5 Å². The molecule has 0 amide bonds. The van der Waals surface area contributed by atoms with E-state index in [2.05, 4.69) is 5.32 Å². The first kappa shape index (κ1) is 15.3. The molecule has 1 aliphatic heterocycles. The molecule has 5 nitrogen and oxygen atoms in total. The number of rotatable bonds is 6. The Morgan fingerprint density at radius 1 is 1.35 bits per heavy atom. The van der Waals surface area contributed by atoms with Crippen LogP contribution in [0.2, 0.25) is 0 Å². The molecule has 2 atom stereocenters. The number of benzene rings is 1. The number of nitrogens with one attached hydrogen (secondary N) is 1. The van der Waals surface area contributed by atoms with Gasteiger partial charge in [-0.1, -0.05) is 6.92 Å². The fraction of sp³-hybridized carbons (Fsp3) is 0.571. The normalized spacial score (nSPS) is 17.3. The van der Waals surface area contributed by atoms with E-state index in [0.717, 1.165) is 13.0 Å². The number of fused-ring (bicyclic) bond motifs is 1. The fourth-order valence-electron chi connectivity index (χ4n) is 1.93. The smallest absolute Gasteiger partial charge is 0.162 e. The molecule has 0 bridgehead atoms. The van der Waals surface area contributed by atoms with Crippen molar-refractivity contribution in [2.75, 3.05) is 32.1 Å². The zero-order valence-electron chi connectivity index (χ0n) is 11.6. The second-order valence-corrected chi connectivity index (χ2v) is 6.13. The second-order valence-electron chi connectivity index (χ2n) is 4.63. The van der Waals surface area contributed by atoms with Crippen LogP contribution in [0.15, 0.2) is 23.1 Å². The number of aliphatic hydroxyl groups excluding tert-OH is 1. The summed E-state index contributed by atoms with van der Waals surface area (Å²) in [6.07, 6.45) is 0.223. The third kappa shape index (κ3) is 4.19. The van der Waals surface area contributed by atoms with Crippen molar-refractivity contribution < 1.29 is 18.8 Å². The van der Waals surface area contributed by atoms with E-state index in [1.165, 1.54) is 0 Å². The van der Waals surface area contributed by atoms with E-state index >= 15 is 0 Å². The van der Waals surface area contributed by atoms with Crippen LogP contribution in [0.4, 0.5) is 0 Å². The molecular formula is C14H21NO4S. The van der Waals surface area contributed by atoms with Gasteiger partial charge in [-0.3, -0.25) is 4.21 Å². The van der Waals surface area contributed by atoms with Gasteiger partial charge in [-0.25, -0.2) is 0 Å². The zero-order chi connectivity index (χ0) is 14.4. The Kier molecular flexibility index (Phi) is 5.82. The lowest BCUT2D eigenvalue weighted by atomic mass is 10.3. The molecule has 0 saturated heterocycles. The quantitative estimate of drug-likeness (QED) is 0.818. The van der Waals surface area contributed by atoms with Gasteiger partial charge in [0.15, 0.2) is 11.5 Å². The van der Waals surface area contributed by atoms with Crippen molar-refractivity contribution in [3.8, 4) is 11.5 Å². The maximum Gasteiger partial charge on any atom is 0.162 e. The average Bonchev–Trinajstić information content (AvgIpc) is 2.69. The molecule has 112 valence electrons. The minimum absolute atomic E-state index is 0.215. The standard InChI is InChI=1S/C14H21NO4S/c1-2-15-9-11(16)10-20(17)12-4-5-13-14(8-12)19-7-3-6-18-13/h4-5,8,11,15-16H,2-3,6-7,9-10H2,1H3. The largest absolute Gasteiger partial charge is 0.490 e. The molecule has 20 heavy (non-hydrogen) atoms. The number of aliphatic hydroxyl groups is 1. The van der Waals surface area contributed by atoms with E-state index < -0.39 is 16.9 Å². The summed E-state index contributed by atoms with van der Waals surface area (Å²) < 4.78 is 23.3.